The lowest BCUT2D eigenvalue weighted by molar-refractivity contribution is -0.126. The number of hydrogen-bond donors (Lipinski definition) is 2. The number of amides is 1. The molecule has 0 atom stereocenters. The molecule has 0 heterocycles. The second kappa shape index (κ2) is 15.8. The quantitative estimate of drug-likeness (QED) is 0.756. The van der Waals surface area contributed by atoms with E-state index < -0.39 is 5.41 Å². The number of aliphatic hydroxyl groups is 1. The maximum Gasteiger partial charge on any atom is 0.229 e. The SMILES string of the molecule is CC.CC(=O)C(C)(C)CO.CSCC(=O)NCCC(C)C. The molecule has 0 rings (SSSR count). The Morgan fingerprint density at radius 2 is 1.71 bits per heavy atom. The zero-order valence-electron chi connectivity index (χ0n) is 15.1. The number of thioether (sulfide) groups is 1. The van der Waals surface area contributed by atoms with E-state index in [1.807, 2.05) is 20.1 Å². The first kappa shape index (κ1) is 25.4. The van der Waals surface area contributed by atoms with E-state index in [2.05, 4.69) is 19.2 Å². The zero-order valence-corrected chi connectivity index (χ0v) is 15.9. The molecule has 0 aromatic rings. The summed E-state index contributed by atoms with van der Waals surface area (Å²) >= 11 is 1.56. The van der Waals surface area contributed by atoms with E-state index in [1.165, 1.54) is 6.92 Å². The van der Waals surface area contributed by atoms with Gasteiger partial charge in [-0.25, -0.2) is 0 Å². The molecular formula is C16H35NO3S. The number of carbonyl (C=O) groups excluding carboxylic acids is 2. The lowest BCUT2D eigenvalue weighted by Crippen LogP contribution is -2.26. The molecule has 0 saturated heterocycles. The number of nitrogens with one attached hydrogen (secondary N) is 1. The Kier molecular flexibility index (Phi) is 19.2. The minimum atomic E-state index is -0.542. The first-order chi connectivity index (χ1) is 9.67. The number of aliphatic hydroxyl groups excluding tert-OH is 1. The Morgan fingerprint density at radius 1 is 1.24 bits per heavy atom. The summed E-state index contributed by atoms with van der Waals surface area (Å²) in [4.78, 5) is 21.4. The van der Waals surface area contributed by atoms with Crippen molar-refractivity contribution in [3.63, 3.8) is 0 Å². The topological polar surface area (TPSA) is 66.4 Å². The lowest BCUT2D eigenvalue weighted by atomic mass is 9.90. The molecule has 0 saturated carbocycles. The van der Waals surface area contributed by atoms with Crippen molar-refractivity contribution in [2.75, 3.05) is 25.2 Å². The monoisotopic (exact) mass is 321 g/mol. The number of Topliss-reactive ketones (excluding diaryl/α,β-unsaturated/α-hetero) is 1. The second-order valence-corrected chi connectivity index (χ2v) is 6.43. The first-order valence-electron chi connectivity index (χ1n) is 7.55. The van der Waals surface area contributed by atoms with Crippen LogP contribution in [-0.2, 0) is 9.59 Å². The highest BCUT2D eigenvalue weighted by molar-refractivity contribution is 7.99. The van der Waals surface area contributed by atoms with E-state index in [4.69, 9.17) is 5.11 Å². The van der Waals surface area contributed by atoms with Gasteiger partial charge in [0.2, 0.25) is 5.91 Å². The van der Waals surface area contributed by atoms with Crippen LogP contribution in [-0.4, -0.2) is 42.0 Å². The van der Waals surface area contributed by atoms with Crippen molar-refractivity contribution >= 4 is 23.5 Å². The summed E-state index contributed by atoms with van der Waals surface area (Å²) < 4.78 is 0. The summed E-state index contributed by atoms with van der Waals surface area (Å²) in [6.45, 7) is 14.0. The minimum absolute atomic E-state index is 0.0278. The Bertz CT molecular complexity index is 266. The third-order valence-electron chi connectivity index (χ3n) is 2.67. The predicted octanol–water partition coefficient (Wildman–Crippen LogP) is 3.13. The second-order valence-electron chi connectivity index (χ2n) is 5.56. The summed E-state index contributed by atoms with van der Waals surface area (Å²) in [5, 5.41) is 11.4. The van der Waals surface area contributed by atoms with Crippen LogP contribution in [0.2, 0.25) is 0 Å². The minimum Gasteiger partial charge on any atom is -0.395 e. The van der Waals surface area contributed by atoms with Gasteiger partial charge >= 0.3 is 0 Å². The van der Waals surface area contributed by atoms with Gasteiger partial charge in [-0.05, 0) is 25.5 Å². The van der Waals surface area contributed by atoms with E-state index >= 15 is 0 Å². The van der Waals surface area contributed by atoms with Gasteiger partial charge in [-0.15, -0.1) is 0 Å². The fourth-order valence-electron chi connectivity index (χ4n) is 0.794. The number of hydrogen-bond acceptors (Lipinski definition) is 4. The van der Waals surface area contributed by atoms with Crippen LogP contribution in [0.15, 0.2) is 0 Å². The summed E-state index contributed by atoms with van der Waals surface area (Å²) in [7, 11) is 0. The third-order valence-corrected chi connectivity index (χ3v) is 3.22. The van der Waals surface area contributed by atoms with Gasteiger partial charge in [0.15, 0.2) is 0 Å². The van der Waals surface area contributed by atoms with Gasteiger partial charge < -0.3 is 10.4 Å². The summed E-state index contributed by atoms with van der Waals surface area (Å²) in [5.74, 6) is 1.43. The van der Waals surface area contributed by atoms with E-state index in [0.29, 0.717) is 11.7 Å². The number of carbonyl (C=O) groups is 2. The van der Waals surface area contributed by atoms with Crippen molar-refractivity contribution in [2.45, 2.75) is 54.9 Å². The van der Waals surface area contributed by atoms with Gasteiger partial charge in [-0.2, -0.15) is 11.8 Å². The Morgan fingerprint density at radius 3 is 1.95 bits per heavy atom. The molecule has 0 aliphatic heterocycles. The van der Waals surface area contributed by atoms with Gasteiger partial charge in [0.05, 0.1) is 12.4 Å². The highest BCUT2D eigenvalue weighted by Gasteiger charge is 2.21. The molecule has 0 fully saturated rings. The molecule has 21 heavy (non-hydrogen) atoms. The molecule has 0 bridgehead atoms. The first-order valence-corrected chi connectivity index (χ1v) is 8.94. The van der Waals surface area contributed by atoms with Crippen LogP contribution in [0, 0.1) is 11.3 Å². The van der Waals surface area contributed by atoms with Crippen molar-refractivity contribution in [3.8, 4) is 0 Å². The largest absolute Gasteiger partial charge is 0.395 e. The molecule has 128 valence electrons. The summed E-state index contributed by atoms with van der Waals surface area (Å²) in [6, 6.07) is 0. The maximum atomic E-state index is 10.9. The van der Waals surface area contributed by atoms with Gasteiger partial charge in [0.1, 0.15) is 5.78 Å². The molecule has 0 aromatic heterocycles. The molecule has 0 unspecified atom stereocenters. The Hall–Kier alpha value is -0.550. The number of ketones is 1. The molecule has 0 spiro atoms. The van der Waals surface area contributed by atoms with Crippen LogP contribution in [0.4, 0.5) is 0 Å². The van der Waals surface area contributed by atoms with E-state index in [0.717, 1.165) is 13.0 Å². The maximum absolute atomic E-state index is 10.9. The highest BCUT2D eigenvalue weighted by Crippen LogP contribution is 2.13. The van der Waals surface area contributed by atoms with E-state index in [9.17, 15) is 9.59 Å². The van der Waals surface area contributed by atoms with Crippen molar-refractivity contribution in [1.29, 1.82) is 0 Å². The lowest BCUT2D eigenvalue weighted by Gasteiger charge is -2.15. The molecule has 0 aromatic carbocycles. The normalized spacial score (nSPS) is 10.0. The van der Waals surface area contributed by atoms with E-state index in [1.54, 1.807) is 25.6 Å². The van der Waals surface area contributed by atoms with Crippen LogP contribution >= 0.6 is 11.8 Å². The van der Waals surface area contributed by atoms with Crippen molar-refractivity contribution in [1.82, 2.24) is 5.32 Å². The predicted molar refractivity (Wildman–Crippen MR) is 93.7 cm³/mol. The van der Waals surface area contributed by atoms with Gasteiger partial charge in [0.25, 0.3) is 0 Å². The fraction of sp³-hybridized carbons (Fsp3) is 0.875. The molecule has 2 N–H and O–H groups in total. The average Bonchev–Trinajstić information content (AvgIpc) is 2.41. The van der Waals surface area contributed by atoms with Gasteiger partial charge in [0, 0.05) is 12.0 Å². The van der Waals surface area contributed by atoms with Crippen LogP contribution < -0.4 is 5.32 Å². The third kappa shape index (κ3) is 19.4. The molecule has 4 nitrogen and oxygen atoms in total. The van der Waals surface area contributed by atoms with Crippen LogP contribution in [0.25, 0.3) is 0 Å². The molecule has 5 heteroatoms. The highest BCUT2D eigenvalue weighted by atomic mass is 32.2. The average molecular weight is 322 g/mol. The Balaban J connectivity index is -0.000000286. The zero-order chi connectivity index (χ0) is 17.5. The van der Waals surface area contributed by atoms with Crippen molar-refractivity contribution < 1.29 is 14.7 Å². The van der Waals surface area contributed by atoms with Crippen LogP contribution in [0.3, 0.4) is 0 Å². The van der Waals surface area contributed by atoms with Crippen molar-refractivity contribution in [2.24, 2.45) is 11.3 Å². The summed E-state index contributed by atoms with van der Waals surface area (Å²) in [6.07, 6.45) is 3.00. The van der Waals surface area contributed by atoms with Gasteiger partial charge in [-0.1, -0.05) is 41.5 Å². The van der Waals surface area contributed by atoms with Crippen LogP contribution in [0.1, 0.15) is 54.9 Å². The molecule has 1 amide bonds. The molecule has 0 aliphatic carbocycles. The molecular weight excluding hydrogens is 286 g/mol. The smallest absolute Gasteiger partial charge is 0.229 e. The van der Waals surface area contributed by atoms with Crippen molar-refractivity contribution in [3.05, 3.63) is 0 Å². The van der Waals surface area contributed by atoms with E-state index in [-0.39, 0.29) is 18.3 Å². The van der Waals surface area contributed by atoms with Crippen LogP contribution in [0.5, 0.6) is 0 Å². The van der Waals surface area contributed by atoms with Gasteiger partial charge in [-0.3, -0.25) is 9.59 Å². The molecule has 0 radical (unpaired) electrons. The standard InChI is InChI=1S/C8H17NOS.C6H12O2.C2H6/c1-7(2)4-5-9-8(10)6-11-3;1-5(8)6(2,3)4-7;1-2/h7H,4-6H2,1-3H3,(H,9,10);7H,4H2,1-3H3;1-2H3. The summed E-state index contributed by atoms with van der Waals surface area (Å²) in [5.41, 5.74) is -0.542. The number of rotatable bonds is 7. The fourth-order valence-corrected chi connectivity index (χ4v) is 1.16. The Labute approximate surface area is 135 Å². The molecule has 0 aliphatic rings.